The molecular formula is C23H24N2O3S. The molecule has 0 N–H and O–H groups in total. The van der Waals surface area contributed by atoms with Crippen molar-refractivity contribution < 1.29 is 14.3 Å². The summed E-state index contributed by atoms with van der Waals surface area (Å²) in [6.45, 7) is 3.07. The predicted molar refractivity (Wildman–Crippen MR) is 116 cm³/mol. The van der Waals surface area contributed by atoms with E-state index in [-0.39, 0.29) is 5.91 Å². The van der Waals surface area contributed by atoms with Crippen molar-refractivity contribution in [1.82, 2.24) is 4.98 Å². The molecule has 1 aliphatic heterocycles. The molecule has 4 rings (SSSR count). The van der Waals surface area contributed by atoms with Gasteiger partial charge in [0.05, 0.1) is 23.0 Å². The number of aromatic nitrogens is 1. The summed E-state index contributed by atoms with van der Waals surface area (Å²) in [4.78, 5) is 19.4. The van der Waals surface area contributed by atoms with Gasteiger partial charge in [-0.3, -0.25) is 4.79 Å². The molecule has 1 amide bonds. The molecule has 2 aromatic carbocycles. The van der Waals surface area contributed by atoms with E-state index in [2.05, 4.69) is 17.5 Å². The largest absolute Gasteiger partial charge is 0.479 e. The third-order valence-electron chi connectivity index (χ3n) is 5.00. The van der Waals surface area contributed by atoms with Gasteiger partial charge >= 0.3 is 0 Å². The van der Waals surface area contributed by atoms with Crippen LogP contribution in [0.15, 0.2) is 53.9 Å². The van der Waals surface area contributed by atoms with Gasteiger partial charge in [0.1, 0.15) is 5.75 Å². The lowest BCUT2D eigenvalue weighted by molar-refractivity contribution is -0.125. The highest BCUT2D eigenvalue weighted by molar-refractivity contribution is 7.09. The van der Waals surface area contributed by atoms with Gasteiger partial charge in [-0.15, -0.1) is 11.3 Å². The van der Waals surface area contributed by atoms with Crippen molar-refractivity contribution in [2.75, 3.05) is 25.2 Å². The SMILES string of the molecule is COCCc1nc(-c2ccc3c(c2)N(CCc2ccccc2)C(=O)C(C)O3)cs1. The topological polar surface area (TPSA) is 51.7 Å². The second-order valence-corrected chi connectivity index (χ2v) is 7.98. The number of fused-ring (bicyclic) bond motifs is 1. The van der Waals surface area contributed by atoms with E-state index in [1.54, 1.807) is 25.4 Å². The van der Waals surface area contributed by atoms with Gasteiger partial charge in [-0.05, 0) is 37.1 Å². The minimum absolute atomic E-state index is 0.00959. The van der Waals surface area contributed by atoms with Gasteiger partial charge in [-0.2, -0.15) is 0 Å². The van der Waals surface area contributed by atoms with Crippen LogP contribution in [0.1, 0.15) is 17.5 Å². The molecule has 2 heterocycles. The summed E-state index contributed by atoms with van der Waals surface area (Å²) in [6.07, 6.45) is 1.11. The molecule has 0 aliphatic carbocycles. The molecule has 0 saturated heterocycles. The third kappa shape index (κ3) is 4.33. The van der Waals surface area contributed by atoms with E-state index in [1.165, 1.54) is 5.56 Å². The van der Waals surface area contributed by atoms with Crippen molar-refractivity contribution >= 4 is 22.9 Å². The van der Waals surface area contributed by atoms with E-state index in [0.29, 0.717) is 13.2 Å². The Balaban J connectivity index is 1.60. The zero-order valence-corrected chi connectivity index (χ0v) is 17.4. The van der Waals surface area contributed by atoms with E-state index < -0.39 is 6.10 Å². The molecule has 1 unspecified atom stereocenters. The van der Waals surface area contributed by atoms with Crippen molar-refractivity contribution in [3.05, 3.63) is 64.5 Å². The lowest BCUT2D eigenvalue weighted by Gasteiger charge is -2.33. The second-order valence-electron chi connectivity index (χ2n) is 7.04. The first-order valence-corrected chi connectivity index (χ1v) is 10.6. The van der Waals surface area contributed by atoms with E-state index >= 15 is 0 Å². The Morgan fingerprint density at radius 3 is 2.79 bits per heavy atom. The average molecular weight is 409 g/mol. The molecule has 5 nitrogen and oxygen atoms in total. The monoisotopic (exact) mass is 408 g/mol. The van der Waals surface area contributed by atoms with Gasteiger partial charge in [0.2, 0.25) is 0 Å². The van der Waals surface area contributed by atoms with Crippen LogP contribution in [0.4, 0.5) is 5.69 Å². The summed E-state index contributed by atoms with van der Waals surface area (Å²) >= 11 is 1.63. The van der Waals surface area contributed by atoms with Crippen LogP contribution >= 0.6 is 11.3 Å². The van der Waals surface area contributed by atoms with Crippen LogP contribution < -0.4 is 9.64 Å². The minimum atomic E-state index is -0.482. The zero-order valence-electron chi connectivity index (χ0n) is 16.6. The van der Waals surface area contributed by atoms with Crippen LogP contribution in [0.2, 0.25) is 0 Å². The molecule has 150 valence electrons. The summed E-state index contributed by atoms with van der Waals surface area (Å²) in [7, 11) is 1.69. The summed E-state index contributed by atoms with van der Waals surface area (Å²) in [5, 5.41) is 3.09. The Labute approximate surface area is 174 Å². The predicted octanol–water partition coefficient (Wildman–Crippen LogP) is 4.36. The highest BCUT2D eigenvalue weighted by Gasteiger charge is 2.31. The fourth-order valence-corrected chi connectivity index (χ4v) is 4.22. The van der Waals surface area contributed by atoms with Crippen molar-refractivity contribution in [3.63, 3.8) is 0 Å². The maximum Gasteiger partial charge on any atom is 0.267 e. The van der Waals surface area contributed by atoms with Gasteiger partial charge < -0.3 is 14.4 Å². The molecule has 29 heavy (non-hydrogen) atoms. The zero-order chi connectivity index (χ0) is 20.2. The summed E-state index contributed by atoms with van der Waals surface area (Å²) < 4.78 is 11.0. The van der Waals surface area contributed by atoms with E-state index in [4.69, 9.17) is 14.5 Å². The number of carbonyl (C=O) groups excluding carboxylic acids is 1. The Kier molecular flexibility index (Phi) is 5.92. The average Bonchev–Trinajstić information content (AvgIpc) is 3.22. The van der Waals surface area contributed by atoms with Crippen molar-refractivity contribution in [1.29, 1.82) is 0 Å². The summed E-state index contributed by atoms with van der Waals surface area (Å²) in [5.41, 5.74) is 3.92. The van der Waals surface area contributed by atoms with Gasteiger partial charge in [0.15, 0.2) is 6.10 Å². The van der Waals surface area contributed by atoms with Crippen LogP contribution in [-0.4, -0.2) is 37.3 Å². The van der Waals surface area contributed by atoms with E-state index in [0.717, 1.165) is 40.5 Å². The van der Waals surface area contributed by atoms with Crippen LogP contribution in [0.25, 0.3) is 11.3 Å². The van der Waals surface area contributed by atoms with Crippen LogP contribution in [-0.2, 0) is 22.4 Å². The number of rotatable bonds is 7. The van der Waals surface area contributed by atoms with Crippen LogP contribution in [0, 0.1) is 0 Å². The Morgan fingerprint density at radius 2 is 2.00 bits per heavy atom. The van der Waals surface area contributed by atoms with E-state index in [1.807, 2.05) is 41.3 Å². The number of benzene rings is 2. The maximum absolute atomic E-state index is 12.9. The van der Waals surface area contributed by atoms with Crippen molar-refractivity contribution in [2.24, 2.45) is 0 Å². The number of amides is 1. The van der Waals surface area contributed by atoms with Crippen LogP contribution in [0.3, 0.4) is 0 Å². The fraction of sp³-hybridized carbons (Fsp3) is 0.304. The number of carbonyl (C=O) groups is 1. The first-order chi connectivity index (χ1) is 14.2. The molecule has 1 aliphatic rings. The van der Waals surface area contributed by atoms with Gasteiger partial charge in [0, 0.05) is 31.0 Å². The number of methoxy groups -OCH3 is 1. The molecule has 0 saturated carbocycles. The summed E-state index contributed by atoms with van der Waals surface area (Å²) in [6, 6.07) is 16.2. The molecule has 0 bridgehead atoms. The Bertz CT molecular complexity index is 987. The maximum atomic E-state index is 12.9. The van der Waals surface area contributed by atoms with Crippen molar-refractivity contribution in [3.8, 4) is 17.0 Å². The minimum Gasteiger partial charge on any atom is -0.479 e. The van der Waals surface area contributed by atoms with E-state index in [9.17, 15) is 4.79 Å². The normalized spacial score (nSPS) is 15.9. The molecule has 1 aromatic heterocycles. The first kappa shape index (κ1) is 19.6. The molecule has 1 atom stereocenters. The standard InChI is InChI=1S/C23H24N2O3S/c1-16-23(26)25(12-10-17-6-4-3-5-7-17)20-14-18(8-9-21(20)28-16)19-15-29-22(24-19)11-13-27-2/h3-9,14-16H,10-13H2,1-2H3. The number of hydrogen-bond acceptors (Lipinski definition) is 5. The highest BCUT2D eigenvalue weighted by atomic mass is 32.1. The Morgan fingerprint density at radius 1 is 1.17 bits per heavy atom. The quantitative estimate of drug-likeness (QED) is 0.583. The van der Waals surface area contributed by atoms with Gasteiger partial charge in [0.25, 0.3) is 5.91 Å². The third-order valence-corrected chi connectivity index (χ3v) is 5.91. The number of ether oxygens (including phenoxy) is 2. The first-order valence-electron chi connectivity index (χ1n) is 9.75. The van der Waals surface area contributed by atoms with Crippen LogP contribution in [0.5, 0.6) is 5.75 Å². The number of anilines is 1. The lowest BCUT2D eigenvalue weighted by atomic mass is 10.1. The van der Waals surface area contributed by atoms with Crippen molar-refractivity contribution in [2.45, 2.75) is 25.9 Å². The van der Waals surface area contributed by atoms with Gasteiger partial charge in [-0.25, -0.2) is 4.98 Å². The summed E-state index contributed by atoms with van der Waals surface area (Å²) in [5.74, 6) is 0.730. The Hall–Kier alpha value is -2.70. The highest BCUT2D eigenvalue weighted by Crippen LogP contribution is 2.38. The smallest absolute Gasteiger partial charge is 0.267 e. The molecular weight excluding hydrogens is 384 g/mol. The number of thiazole rings is 1. The molecule has 6 heteroatoms. The molecule has 3 aromatic rings. The fourth-order valence-electron chi connectivity index (χ4n) is 3.43. The molecule has 0 spiro atoms. The lowest BCUT2D eigenvalue weighted by Crippen LogP contribution is -2.45. The molecule has 0 radical (unpaired) electrons. The number of hydrogen-bond donors (Lipinski definition) is 0. The number of nitrogens with zero attached hydrogens (tertiary/aromatic N) is 2. The molecule has 0 fully saturated rings. The van der Waals surface area contributed by atoms with Gasteiger partial charge in [-0.1, -0.05) is 30.3 Å². The second kappa shape index (κ2) is 8.76.